The molecule has 0 bridgehead atoms. The number of hydrogen-bond donors (Lipinski definition) is 1. The maximum absolute atomic E-state index is 12.8. The molecule has 1 amide bonds. The number of hydrogen-bond acceptors (Lipinski definition) is 5. The van der Waals surface area contributed by atoms with Crippen molar-refractivity contribution in [2.45, 2.75) is 33.6 Å². The predicted molar refractivity (Wildman–Crippen MR) is 105 cm³/mol. The molecule has 0 saturated carbocycles. The van der Waals surface area contributed by atoms with Gasteiger partial charge in [-0.25, -0.2) is 9.97 Å². The molecule has 1 fully saturated rings. The smallest absolute Gasteiger partial charge is 0.254 e. The number of nitrogen functional groups attached to an aromatic ring is 1. The van der Waals surface area contributed by atoms with Gasteiger partial charge < -0.3 is 15.5 Å². The van der Waals surface area contributed by atoms with Crippen LogP contribution in [0.4, 0.5) is 11.5 Å². The number of anilines is 2. The number of aromatic nitrogens is 2. The Labute approximate surface area is 155 Å². The summed E-state index contributed by atoms with van der Waals surface area (Å²) < 4.78 is 0. The Morgan fingerprint density at radius 3 is 2.42 bits per heavy atom. The number of amides is 1. The molecule has 2 heterocycles. The molecule has 0 unspecified atom stereocenters. The Morgan fingerprint density at radius 1 is 1.08 bits per heavy atom. The van der Waals surface area contributed by atoms with Crippen LogP contribution in [0.25, 0.3) is 0 Å². The minimum atomic E-state index is 0.0520. The Kier molecular flexibility index (Phi) is 5.11. The van der Waals surface area contributed by atoms with Crippen molar-refractivity contribution >= 4 is 17.4 Å². The molecule has 0 atom stereocenters. The zero-order valence-corrected chi connectivity index (χ0v) is 16.0. The third-order valence-corrected chi connectivity index (χ3v) is 4.76. The molecule has 1 aromatic carbocycles. The van der Waals surface area contributed by atoms with Crippen molar-refractivity contribution < 1.29 is 4.79 Å². The van der Waals surface area contributed by atoms with E-state index in [1.807, 2.05) is 36.9 Å². The molecule has 2 N–H and O–H groups in total. The number of nitrogens with two attached hydrogens (primary N) is 1. The lowest BCUT2D eigenvalue weighted by Crippen LogP contribution is -2.49. The minimum absolute atomic E-state index is 0.0520. The van der Waals surface area contributed by atoms with E-state index in [2.05, 4.69) is 23.7 Å². The van der Waals surface area contributed by atoms with Crippen LogP contribution in [0.5, 0.6) is 0 Å². The van der Waals surface area contributed by atoms with Crippen LogP contribution in [0.1, 0.15) is 47.2 Å². The van der Waals surface area contributed by atoms with E-state index in [-0.39, 0.29) is 5.91 Å². The van der Waals surface area contributed by atoms with Crippen LogP contribution >= 0.6 is 0 Å². The molecule has 1 aromatic heterocycles. The lowest BCUT2D eigenvalue weighted by Gasteiger charge is -2.36. The third-order valence-electron chi connectivity index (χ3n) is 4.76. The number of nitrogens with zero attached hydrogens (tertiary/aromatic N) is 4. The highest BCUT2D eigenvalue weighted by Gasteiger charge is 2.24. The standard InChI is InChI=1S/C20H27N5O/c1-13(2)19-22-15(4)11-18(23-19)24-7-9-25(10-8-24)20(26)17-12-16(21)6-5-14(17)3/h5-6,11-13H,7-10,21H2,1-4H3. The second kappa shape index (κ2) is 7.32. The van der Waals surface area contributed by atoms with Gasteiger partial charge in [0.2, 0.25) is 0 Å². The first-order valence-electron chi connectivity index (χ1n) is 9.11. The maximum atomic E-state index is 12.8. The summed E-state index contributed by atoms with van der Waals surface area (Å²) in [6.45, 7) is 11.0. The van der Waals surface area contributed by atoms with Crippen molar-refractivity contribution in [3.05, 3.63) is 46.9 Å². The van der Waals surface area contributed by atoms with Crippen LogP contribution in [-0.2, 0) is 0 Å². The van der Waals surface area contributed by atoms with Gasteiger partial charge in [-0.2, -0.15) is 0 Å². The van der Waals surface area contributed by atoms with E-state index >= 15 is 0 Å². The van der Waals surface area contributed by atoms with Crippen molar-refractivity contribution in [1.82, 2.24) is 14.9 Å². The summed E-state index contributed by atoms with van der Waals surface area (Å²) >= 11 is 0. The summed E-state index contributed by atoms with van der Waals surface area (Å²) in [5.74, 6) is 2.17. The number of piperazine rings is 1. The Balaban J connectivity index is 1.71. The van der Waals surface area contributed by atoms with E-state index in [0.717, 1.165) is 36.0 Å². The van der Waals surface area contributed by atoms with Gasteiger partial charge >= 0.3 is 0 Å². The molecule has 1 aliphatic rings. The predicted octanol–water partition coefficient (Wildman–Crippen LogP) is 2.76. The molecule has 0 spiro atoms. The number of rotatable bonds is 3. The molecule has 2 aromatic rings. The van der Waals surface area contributed by atoms with E-state index in [1.165, 1.54) is 0 Å². The molecule has 138 valence electrons. The Hall–Kier alpha value is -2.63. The Bertz CT molecular complexity index is 810. The van der Waals surface area contributed by atoms with Gasteiger partial charge in [0.1, 0.15) is 11.6 Å². The van der Waals surface area contributed by atoms with Crippen molar-refractivity contribution in [2.24, 2.45) is 0 Å². The molecule has 1 aliphatic heterocycles. The minimum Gasteiger partial charge on any atom is -0.399 e. The van der Waals surface area contributed by atoms with Gasteiger partial charge in [-0.05, 0) is 31.5 Å². The van der Waals surface area contributed by atoms with Crippen molar-refractivity contribution in [2.75, 3.05) is 36.8 Å². The largest absolute Gasteiger partial charge is 0.399 e. The SMILES string of the molecule is Cc1cc(N2CCN(C(=O)c3cc(N)ccc3C)CC2)nc(C(C)C)n1. The van der Waals surface area contributed by atoms with Gasteiger partial charge in [0.15, 0.2) is 0 Å². The summed E-state index contributed by atoms with van der Waals surface area (Å²) in [5.41, 5.74) is 9.10. The molecular formula is C20H27N5O. The van der Waals surface area contributed by atoms with E-state index in [0.29, 0.717) is 30.3 Å². The van der Waals surface area contributed by atoms with Crippen LogP contribution < -0.4 is 10.6 Å². The van der Waals surface area contributed by atoms with E-state index in [4.69, 9.17) is 10.7 Å². The van der Waals surface area contributed by atoms with Crippen LogP contribution in [0.3, 0.4) is 0 Å². The maximum Gasteiger partial charge on any atom is 0.254 e. The zero-order chi connectivity index (χ0) is 18.8. The lowest BCUT2D eigenvalue weighted by atomic mass is 10.1. The average molecular weight is 353 g/mol. The highest BCUT2D eigenvalue weighted by atomic mass is 16.2. The van der Waals surface area contributed by atoms with E-state index < -0.39 is 0 Å². The molecule has 0 aliphatic carbocycles. The molecule has 6 heteroatoms. The average Bonchev–Trinajstić information content (AvgIpc) is 2.62. The summed E-state index contributed by atoms with van der Waals surface area (Å²) in [4.78, 5) is 26.2. The fourth-order valence-electron chi connectivity index (χ4n) is 3.17. The van der Waals surface area contributed by atoms with Gasteiger partial charge in [-0.3, -0.25) is 4.79 Å². The third kappa shape index (κ3) is 3.79. The topological polar surface area (TPSA) is 75.3 Å². The quantitative estimate of drug-likeness (QED) is 0.859. The monoisotopic (exact) mass is 353 g/mol. The number of benzene rings is 1. The number of carbonyl (C=O) groups excluding carboxylic acids is 1. The lowest BCUT2D eigenvalue weighted by molar-refractivity contribution is 0.0746. The highest BCUT2D eigenvalue weighted by molar-refractivity contribution is 5.96. The summed E-state index contributed by atoms with van der Waals surface area (Å²) in [7, 11) is 0. The molecular weight excluding hydrogens is 326 g/mol. The highest BCUT2D eigenvalue weighted by Crippen LogP contribution is 2.20. The number of aryl methyl sites for hydroxylation is 2. The van der Waals surface area contributed by atoms with E-state index in [1.54, 1.807) is 6.07 Å². The van der Waals surface area contributed by atoms with Gasteiger partial charge in [0, 0.05) is 55.1 Å². The molecule has 3 rings (SSSR count). The molecule has 1 saturated heterocycles. The van der Waals surface area contributed by atoms with Crippen LogP contribution in [0.2, 0.25) is 0 Å². The first-order valence-corrected chi connectivity index (χ1v) is 9.11. The van der Waals surface area contributed by atoms with Crippen molar-refractivity contribution in [1.29, 1.82) is 0 Å². The fourth-order valence-corrected chi connectivity index (χ4v) is 3.17. The van der Waals surface area contributed by atoms with Crippen LogP contribution in [0, 0.1) is 13.8 Å². The molecule has 0 radical (unpaired) electrons. The normalized spacial score (nSPS) is 14.8. The van der Waals surface area contributed by atoms with Crippen LogP contribution in [0.15, 0.2) is 24.3 Å². The number of carbonyl (C=O) groups is 1. The first-order chi connectivity index (χ1) is 12.3. The van der Waals surface area contributed by atoms with E-state index in [9.17, 15) is 4.79 Å². The summed E-state index contributed by atoms with van der Waals surface area (Å²) in [6.07, 6.45) is 0. The fraction of sp³-hybridized carbons (Fsp3) is 0.450. The van der Waals surface area contributed by atoms with Crippen LogP contribution in [-0.4, -0.2) is 47.0 Å². The zero-order valence-electron chi connectivity index (χ0n) is 16.0. The van der Waals surface area contributed by atoms with Gasteiger partial charge in [0.25, 0.3) is 5.91 Å². The second-order valence-corrected chi connectivity index (χ2v) is 7.23. The van der Waals surface area contributed by atoms with Gasteiger partial charge in [0.05, 0.1) is 0 Å². The first kappa shape index (κ1) is 18.2. The summed E-state index contributed by atoms with van der Waals surface area (Å²) in [5, 5.41) is 0. The summed E-state index contributed by atoms with van der Waals surface area (Å²) in [6, 6.07) is 7.52. The van der Waals surface area contributed by atoms with Gasteiger partial charge in [-0.1, -0.05) is 19.9 Å². The second-order valence-electron chi connectivity index (χ2n) is 7.23. The van der Waals surface area contributed by atoms with Gasteiger partial charge in [-0.15, -0.1) is 0 Å². The Morgan fingerprint density at radius 2 is 1.77 bits per heavy atom. The molecule has 26 heavy (non-hydrogen) atoms. The van der Waals surface area contributed by atoms with Crippen molar-refractivity contribution in [3.8, 4) is 0 Å². The van der Waals surface area contributed by atoms with Crippen molar-refractivity contribution in [3.63, 3.8) is 0 Å². The molecule has 6 nitrogen and oxygen atoms in total.